The number of methoxy groups -OCH3 is 1. The molecule has 0 aromatic heterocycles. The van der Waals surface area contributed by atoms with Gasteiger partial charge < -0.3 is 15.0 Å². The molecule has 0 aliphatic heterocycles. The fourth-order valence-corrected chi connectivity index (χ4v) is 4.30. The molecule has 0 bridgehead atoms. The van der Waals surface area contributed by atoms with E-state index in [9.17, 15) is 9.59 Å². The van der Waals surface area contributed by atoms with Crippen molar-refractivity contribution >= 4 is 23.6 Å². The van der Waals surface area contributed by atoms with Crippen LogP contribution in [0, 0.1) is 0 Å². The van der Waals surface area contributed by atoms with E-state index >= 15 is 0 Å². The minimum atomic E-state index is -0.521. The van der Waals surface area contributed by atoms with E-state index in [2.05, 4.69) is 17.4 Å². The number of carbonyl (C=O) groups excluding carboxylic acids is 2. The second-order valence-electron chi connectivity index (χ2n) is 8.82. The molecular weight excluding hydrogens is 420 g/mol. The maximum atomic E-state index is 13.3. The summed E-state index contributed by atoms with van der Waals surface area (Å²) < 4.78 is 5.33. The van der Waals surface area contributed by atoms with Gasteiger partial charge in [0, 0.05) is 30.0 Å². The molecule has 0 aliphatic rings. The molecule has 1 atom stereocenters. The molecule has 1 unspecified atom stereocenters. The highest BCUT2D eigenvalue weighted by atomic mass is 32.2. The summed E-state index contributed by atoms with van der Waals surface area (Å²) in [6.07, 6.45) is 0.940. The molecule has 174 valence electrons. The van der Waals surface area contributed by atoms with Gasteiger partial charge in [0.1, 0.15) is 11.8 Å². The number of hydrogen-bond acceptors (Lipinski definition) is 4. The van der Waals surface area contributed by atoms with Gasteiger partial charge in [0.05, 0.1) is 7.11 Å². The summed E-state index contributed by atoms with van der Waals surface area (Å²) >= 11 is 1.73. The molecule has 2 aromatic carbocycles. The van der Waals surface area contributed by atoms with Crippen LogP contribution in [0.1, 0.15) is 51.7 Å². The Morgan fingerprint density at radius 3 is 2.38 bits per heavy atom. The van der Waals surface area contributed by atoms with Crippen molar-refractivity contribution in [3.63, 3.8) is 0 Å². The predicted octanol–water partition coefficient (Wildman–Crippen LogP) is 5.04. The summed E-state index contributed by atoms with van der Waals surface area (Å²) in [6, 6.07) is 17.4. The Hall–Kier alpha value is -2.47. The van der Waals surface area contributed by atoms with Gasteiger partial charge in [0.15, 0.2) is 0 Å². The van der Waals surface area contributed by atoms with Crippen molar-refractivity contribution in [2.75, 3.05) is 12.9 Å². The largest absolute Gasteiger partial charge is 0.497 e. The van der Waals surface area contributed by atoms with Gasteiger partial charge in [-0.15, -0.1) is 0 Å². The van der Waals surface area contributed by atoms with E-state index in [1.54, 1.807) is 23.8 Å². The average molecular weight is 457 g/mol. The Kier molecular flexibility index (Phi) is 10.1. The summed E-state index contributed by atoms with van der Waals surface area (Å²) in [5.41, 5.74) is 1.83. The van der Waals surface area contributed by atoms with Crippen molar-refractivity contribution < 1.29 is 14.3 Å². The van der Waals surface area contributed by atoms with Crippen LogP contribution in [0.5, 0.6) is 5.75 Å². The summed E-state index contributed by atoms with van der Waals surface area (Å²) in [5.74, 6) is 2.18. The van der Waals surface area contributed by atoms with Crippen LogP contribution in [-0.2, 0) is 21.9 Å². The lowest BCUT2D eigenvalue weighted by Gasteiger charge is -2.33. The SMILES string of the molecule is CCC(C(=O)NC(C)(C)C)N(Cc1cccc(OC)c1)C(=O)CCSCc1ccccc1. The lowest BCUT2D eigenvalue weighted by Crippen LogP contribution is -2.53. The molecule has 5 nitrogen and oxygen atoms in total. The van der Waals surface area contributed by atoms with E-state index in [0.29, 0.717) is 25.1 Å². The minimum Gasteiger partial charge on any atom is -0.497 e. The third-order valence-electron chi connectivity index (χ3n) is 4.94. The first-order chi connectivity index (χ1) is 15.2. The zero-order chi connectivity index (χ0) is 23.6. The first-order valence-corrected chi connectivity index (χ1v) is 12.2. The topological polar surface area (TPSA) is 58.6 Å². The summed E-state index contributed by atoms with van der Waals surface area (Å²) in [4.78, 5) is 28.0. The van der Waals surface area contributed by atoms with Crippen LogP contribution in [-0.4, -0.2) is 41.2 Å². The van der Waals surface area contributed by atoms with Gasteiger partial charge in [0.25, 0.3) is 0 Å². The molecule has 0 spiro atoms. The number of nitrogens with one attached hydrogen (secondary N) is 1. The Balaban J connectivity index is 2.11. The van der Waals surface area contributed by atoms with Crippen LogP contribution in [0.25, 0.3) is 0 Å². The minimum absolute atomic E-state index is 0.00992. The van der Waals surface area contributed by atoms with Crippen LogP contribution >= 0.6 is 11.8 Å². The highest BCUT2D eigenvalue weighted by molar-refractivity contribution is 7.98. The first-order valence-electron chi connectivity index (χ1n) is 11.1. The van der Waals surface area contributed by atoms with Gasteiger partial charge in [-0.25, -0.2) is 0 Å². The number of carbonyl (C=O) groups is 2. The van der Waals surface area contributed by atoms with Crippen molar-refractivity contribution in [2.24, 2.45) is 0 Å². The van der Waals surface area contributed by atoms with Crippen LogP contribution in [0.3, 0.4) is 0 Å². The quantitative estimate of drug-likeness (QED) is 0.481. The van der Waals surface area contributed by atoms with Gasteiger partial charge in [-0.3, -0.25) is 9.59 Å². The van der Waals surface area contributed by atoms with E-state index in [4.69, 9.17) is 4.74 Å². The van der Waals surface area contributed by atoms with Gasteiger partial charge in [-0.1, -0.05) is 49.4 Å². The van der Waals surface area contributed by atoms with Crippen LogP contribution in [0.4, 0.5) is 0 Å². The van der Waals surface area contributed by atoms with E-state index in [1.807, 2.05) is 70.2 Å². The molecule has 0 aliphatic carbocycles. The number of ether oxygens (including phenoxy) is 1. The molecule has 0 radical (unpaired) electrons. The Labute approximate surface area is 196 Å². The van der Waals surface area contributed by atoms with Crippen molar-refractivity contribution in [3.8, 4) is 5.75 Å². The number of rotatable bonds is 11. The summed E-state index contributed by atoms with van der Waals surface area (Å²) in [7, 11) is 1.62. The highest BCUT2D eigenvalue weighted by Crippen LogP contribution is 2.20. The van der Waals surface area contributed by atoms with Crippen LogP contribution < -0.4 is 10.1 Å². The van der Waals surface area contributed by atoms with E-state index in [-0.39, 0.29) is 17.4 Å². The predicted molar refractivity (Wildman–Crippen MR) is 133 cm³/mol. The monoisotopic (exact) mass is 456 g/mol. The zero-order valence-electron chi connectivity index (χ0n) is 19.9. The van der Waals surface area contributed by atoms with Crippen molar-refractivity contribution in [1.29, 1.82) is 0 Å². The van der Waals surface area contributed by atoms with E-state index in [1.165, 1.54) is 5.56 Å². The Morgan fingerprint density at radius 1 is 1.06 bits per heavy atom. The third kappa shape index (κ3) is 8.58. The molecule has 2 rings (SSSR count). The maximum absolute atomic E-state index is 13.3. The van der Waals surface area contributed by atoms with Gasteiger partial charge >= 0.3 is 0 Å². The molecule has 6 heteroatoms. The van der Waals surface area contributed by atoms with Gasteiger partial charge in [-0.2, -0.15) is 11.8 Å². The van der Waals surface area contributed by atoms with E-state index in [0.717, 1.165) is 17.1 Å². The second kappa shape index (κ2) is 12.5. The number of amides is 2. The molecule has 0 heterocycles. The summed E-state index contributed by atoms with van der Waals surface area (Å²) in [6.45, 7) is 8.17. The fraction of sp³-hybridized carbons (Fsp3) is 0.462. The highest BCUT2D eigenvalue weighted by Gasteiger charge is 2.30. The van der Waals surface area contributed by atoms with Crippen molar-refractivity contribution in [1.82, 2.24) is 10.2 Å². The lowest BCUT2D eigenvalue weighted by molar-refractivity contribution is -0.141. The molecule has 0 saturated carbocycles. The molecule has 1 N–H and O–H groups in total. The summed E-state index contributed by atoms with van der Waals surface area (Å²) in [5, 5.41) is 3.04. The Morgan fingerprint density at radius 2 is 1.75 bits per heavy atom. The first kappa shape index (κ1) is 25.8. The zero-order valence-corrected chi connectivity index (χ0v) is 20.7. The normalized spacial score (nSPS) is 12.2. The van der Waals surface area contributed by atoms with Crippen LogP contribution in [0.2, 0.25) is 0 Å². The maximum Gasteiger partial charge on any atom is 0.243 e. The number of thioether (sulfide) groups is 1. The third-order valence-corrected chi connectivity index (χ3v) is 5.97. The smallest absolute Gasteiger partial charge is 0.243 e. The number of nitrogens with zero attached hydrogens (tertiary/aromatic N) is 1. The molecule has 2 amide bonds. The van der Waals surface area contributed by atoms with Gasteiger partial charge in [0.2, 0.25) is 11.8 Å². The van der Waals surface area contributed by atoms with Crippen LogP contribution in [0.15, 0.2) is 54.6 Å². The van der Waals surface area contributed by atoms with E-state index < -0.39 is 6.04 Å². The van der Waals surface area contributed by atoms with Gasteiger partial charge in [-0.05, 0) is 50.5 Å². The average Bonchev–Trinajstić information content (AvgIpc) is 2.76. The Bertz CT molecular complexity index is 865. The fourth-order valence-electron chi connectivity index (χ4n) is 3.41. The standard InChI is InChI=1S/C26H36N2O3S/c1-6-23(25(30)27-26(2,3)4)28(18-21-13-10-14-22(17-21)31-5)24(29)15-16-32-19-20-11-8-7-9-12-20/h7-14,17,23H,6,15-16,18-19H2,1-5H3,(H,27,30). The second-order valence-corrected chi connectivity index (χ2v) is 9.93. The molecule has 32 heavy (non-hydrogen) atoms. The van der Waals surface area contributed by atoms with Crippen molar-refractivity contribution in [2.45, 2.75) is 64.4 Å². The lowest BCUT2D eigenvalue weighted by atomic mass is 10.1. The number of hydrogen-bond donors (Lipinski definition) is 1. The molecule has 0 fully saturated rings. The molecule has 2 aromatic rings. The van der Waals surface area contributed by atoms with Crippen molar-refractivity contribution in [3.05, 3.63) is 65.7 Å². The molecule has 0 saturated heterocycles. The number of benzene rings is 2. The molecular formula is C26H36N2O3S.